The molecule has 0 atom stereocenters. The molecule has 10 rings (SSSR count). The van der Waals surface area contributed by atoms with Gasteiger partial charge in [-0.1, -0.05) is 92.6 Å². The van der Waals surface area contributed by atoms with Crippen LogP contribution in [0.5, 0.6) is 0 Å². The van der Waals surface area contributed by atoms with Gasteiger partial charge in [-0.15, -0.1) is 11.3 Å². The summed E-state index contributed by atoms with van der Waals surface area (Å²) in [6, 6.07) is 31.0. The van der Waals surface area contributed by atoms with E-state index in [2.05, 4.69) is 150 Å². The molecule has 0 fully saturated rings. The van der Waals surface area contributed by atoms with E-state index in [0.717, 1.165) is 0 Å². The molecule has 10 aromatic rings. The van der Waals surface area contributed by atoms with E-state index in [0.29, 0.717) is 0 Å². The lowest BCUT2D eigenvalue weighted by Crippen LogP contribution is -2.11. The van der Waals surface area contributed by atoms with Crippen molar-refractivity contribution in [1.29, 1.82) is 0 Å². The summed E-state index contributed by atoms with van der Waals surface area (Å²) in [6.07, 6.45) is 0. The van der Waals surface area contributed by atoms with Crippen LogP contribution in [0.25, 0.3) is 85.6 Å². The predicted octanol–water partition coefficient (Wildman–Crippen LogP) is 13.1. The Morgan fingerprint density at radius 1 is 0.426 bits per heavy atom. The lowest BCUT2D eigenvalue weighted by atomic mass is 9.84. The maximum absolute atomic E-state index is 2.65. The highest BCUT2D eigenvalue weighted by Gasteiger charge is 2.29. The van der Waals surface area contributed by atoms with Crippen LogP contribution in [0.4, 0.5) is 0 Å². The van der Waals surface area contributed by atoms with Gasteiger partial charge >= 0.3 is 0 Å². The zero-order valence-corrected chi connectivity index (χ0v) is 29.6. The van der Waals surface area contributed by atoms with E-state index in [1.807, 2.05) is 11.3 Å². The van der Waals surface area contributed by atoms with Crippen LogP contribution in [-0.4, -0.2) is 8.80 Å². The van der Waals surface area contributed by atoms with Crippen LogP contribution in [0.3, 0.4) is 0 Å². The molecule has 5 aromatic carbocycles. The van der Waals surface area contributed by atoms with Gasteiger partial charge in [0, 0.05) is 47.8 Å². The van der Waals surface area contributed by atoms with Gasteiger partial charge in [-0.25, -0.2) is 0 Å². The summed E-state index contributed by atoms with van der Waals surface area (Å²) >= 11 is 1.95. The smallest absolute Gasteiger partial charge is 0.0728 e. The van der Waals surface area contributed by atoms with Gasteiger partial charge in [0.2, 0.25) is 0 Å². The summed E-state index contributed by atoms with van der Waals surface area (Å²) in [5.41, 5.74) is 12.3. The van der Waals surface area contributed by atoms with E-state index in [9.17, 15) is 0 Å². The van der Waals surface area contributed by atoms with Crippen LogP contribution in [-0.2, 0) is 16.2 Å². The van der Waals surface area contributed by atoms with Crippen molar-refractivity contribution in [3.8, 4) is 0 Å². The van der Waals surface area contributed by atoms with E-state index >= 15 is 0 Å². The minimum absolute atomic E-state index is 0.0174. The number of hydrogen-bond donors (Lipinski definition) is 0. The molecule has 5 heterocycles. The molecule has 0 radical (unpaired) electrons. The van der Waals surface area contributed by atoms with Gasteiger partial charge in [0.25, 0.3) is 0 Å². The van der Waals surface area contributed by atoms with Crippen LogP contribution in [0, 0.1) is 0 Å². The second kappa shape index (κ2) is 8.38. The standard InChI is InChI=1S/C44H40N2S/c1-42(2,3)23-14-16-33-28(18-23)30-20-24(43(4,5)6)21-31-36-34(45(33)37(30)31)17-15-26-29-19-25(44(7,8)9)22-32-38(29)46(39(26)36)40-27-12-10-11-13-35(27)47-41(32)40/h10-22H,1-9H3. The maximum Gasteiger partial charge on any atom is 0.0728 e. The van der Waals surface area contributed by atoms with Gasteiger partial charge in [0.15, 0.2) is 0 Å². The molecule has 0 amide bonds. The van der Waals surface area contributed by atoms with Crippen molar-refractivity contribution in [3.63, 3.8) is 0 Å². The van der Waals surface area contributed by atoms with Crippen molar-refractivity contribution < 1.29 is 0 Å². The van der Waals surface area contributed by atoms with Crippen LogP contribution >= 0.6 is 11.3 Å². The van der Waals surface area contributed by atoms with Crippen LogP contribution in [0.15, 0.2) is 78.9 Å². The average molecular weight is 629 g/mol. The molecule has 232 valence electrons. The first-order chi connectivity index (χ1) is 22.2. The van der Waals surface area contributed by atoms with Crippen molar-refractivity contribution in [3.05, 3.63) is 95.6 Å². The first kappa shape index (κ1) is 27.7. The number of thiophene rings is 1. The molecule has 47 heavy (non-hydrogen) atoms. The largest absolute Gasteiger partial charge is 0.308 e. The Hall–Kier alpha value is -4.34. The number of nitrogens with zero attached hydrogens (tertiary/aromatic N) is 2. The summed E-state index contributed by atoms with van der Waals surface area (Å²) in [5, 5.41) is 10.9. The lowest BCUT2D eigenvalue weighted by Gasteiger charge is -2.20. The highest BCUT2D eigenvalue weighted by Crippen LogP contribution is 2.51. The third-order valence-electron chi connectivity index (χ3n) is 11.0. The van der Waals surface area contributed by atoms with E-state index in [1.54, 1.807) is 0 Å². The fraction of sp³-hybridized carbons (Fsp3) is 0.273. The van der Waals surface area contributed by atoms with Gasteiger partial charge in [-0.2, -0.15) is 0 Å². The monoisotopic (exact) mass is 628 g/mol. The van der Waals surface area contributed by atoms with Crippen molar-refractivity contribution in [2.75, 3.05) is 0 Å². The van der Waals surface area contributed by atoms with E-state index < -0.39 is 0 Å². The van der Waals surface area contributed by atoms with Gasteiger partial charge in [-0.05, 0) is 81.5 Å². The fourth-order valence-electron chi connectivity index (χ4n) is 8.43. The fourth-order valence-corrected chi connectivity index (χ4v) is 9.63. The molecule has 0 N–H and O–H groups in total. The van der Waals surface area contributed by atoms with Gasteiger partial charge in [0.05, 0.1) is 37.8 Å². The molecule has 0 saturated carbocycles. The molecule has 5 aromatic heterocycles. The Balaban J connectivity index is 1.51. The predicted molar refractivity (Wildman–Crippen MR) is 207 cm³/mol. The van der Waals surface area contributed by atoms with E-state index in [-0.39, 0.29) is 16.2 Å². The molecule has 0 saturated heterocycles. The Kier molecular flexibility index (Phi) is 4.95. The first-order valence-corrected chi connectivity index (χ1v) is 17.9. The number of aromatic nitrogens is 2. The van der Waals surface area contributed by atoms with Crippen LogP contribution in [0.1, 0.15) is 79.0 Å². The first-order valence-electron chi connectivity index (χ1n) is 17.0. The van der Waals surface area contributed by atoms with Crippen molar-refractivity contribution >= 4 is 96.9 Å². The molecule has 0 aliphatic carbocycles. The lowest BCUT2D eigenvalue weighted by molar-refractivity contribution is 0.590. The summed E-state index contributed by atoms with van der Waals surface area (Å²) in [7, 11) is 0. The molecule has 0 bridgehead atoms. The topological polar surface area (TPSA) is 8.82 Å². The van der Waals surface area contributed by atoms with E-state index in [4.69, 9.17) is 0 Å². The zero-order chi connectivity index (χ0) is 32.5. The summed E-state index contributed by atoms with van der Waals surface area (Å²) in [4.78, 5) is 0. The Bertz CT molecular complexity index is 2940. The molecule has 0 unspecified atom stereocenters. The Labute approximate surface area is 278 Å². The summed E-state index contributed by atoms with van der Waals surface area (Å²) < 4.78 is 7.99. The quantitative estimate of drug-likeness (QED) is 0.158. The maximum atomic E-state index is 2.65. The molecule has 0 spiro atoms. The molecular formula is C44H40N2S. The second-order valence-electron chi connectivity index (χ2n) is 17.1. The number of hydrogen-bond acceptors (Lipinski definition) is 1. The highest BCUT2D eigenvalue weighted by molar-refractivity contribution is 7.26. The molecule has 0 aliphatic rings. The van der Waals surface area contributed by atoms with E-state index in [1.165, 1.54) is 102 Å². The Morgan fingerprint density at radius 2 is 1.00 bits per heavy atom. The van der Waals surface area contributed by atoms with Crippen molar-refractivity contribution in [2.45, 2.75) is 78.6 Å². The third-order valence-corrected chi connectivity index (χ3v) is 12.2. The van der Waals surface area contributed by atoms with Crippen molar-refractivity contribution in [2.24, 2.45) is 0 Å². The van der Waals surface area contributed by atoms with Gasteiger partial charge < -0.3 is 8.80 Å². The number of fused-ring (bicyclic) bond motifs is 15. The Morgan fingerprint density at radius 3 is 1.70 bits per heavy atom. The molecule has 3 heteroatoms. The van der Waals surface area contributed by atoms with Crippen molar-refractivity contribution in [1.82, 2.24) is 8.80 Å². The molecular weight excluding hydrogens is 589 g/mol. The SMILES string of the molecule is CC(C)(C)c1ccc2c(c1)c1cc(C(C)(C)C)cc3c4c(ccc5c6cc(C(C)(C)C)cc7c8sc9ccccc9c8n(c67)c54)n2c13. The number of benzene rings is 5. The van der Waals surface area contributed by atoms with Gasteiger partial charge in [-0.3, -0.25) is 0 Å². The number of rotatable bonds is 0. The third kappa shape index (κ3) is 3.41. The van der Waals surface area contributed by atoms with Crippen LogP contribution < -0.4 is 0 Å². The molecule has 2 nitrogen and oxygen atoms in total. The molecule has 0 aliphatic heterocycles. The highest BCUT2D eigenvalue weighted by atomic mass is 32.1. The normalized spacial score (nSPS) is 14.1. The minimum Gasteiger partial charge on any atom is -0.308 e. The van der Waals surface area contributed by atoms with Gasteiger partial charge in [0.1, 0.15) is 0 Å². The second-order valence-corrected chi connectivity index (χ2v) is 18.2. The minimum atomic E-state index is 0.0174. The summed E-state index contributed by atoms with van der Waals surface area (Å²) in [5.74, 6) is 0. The summed E-state index contributed by atoms with van der Waals surface area (Å²) in [6.45, 7) is 21.0. The van der Waals surface area contributed by atoms with Crippen LogP contribution in [0.2, 0.25) is 0 Å². The average Bonchev–Trinajstić information content (AvgIpc) is 3.78. The zero-order valence-electron chi connectivity index (χ0n) is 28.8.